The molecule has 28 heavy (non-hydrogen) atoms. The predicted octanol–water partition coefficient (Wildman–Crippen LogP) is 3.16. The van der Waals surface area contributed by atoms with E-state index in [-0.39, 0.29) is 23.5 Å². The van der Waals surface area contributed by atoms with Crippen LogP contribution >= 0.6 is 12.2 Å². The lowest BCUT2D eigenvalue weighted by atomic mass is 9.81. The van der Waals surface area contributed by atoms with E-state index in [4.69, 9.17) is 17.0 Å². The predicted molar refractivity (Wildman–Crippen MR) is 111 cm³/mol. The topological polar surface area (TPSA) is 76.1 Å². The Labute approximate surface area is 169 Å². The van der Waals surface area contributed by atoms with Crippen LogP contribution in [0.25, 0.3) is 10.9 Å². The molecule has 6 nitrogen and oxygen atoms in total. The molecule has 1 saturated heterocycles. The van der Waals surface area contributed by atoms with Gasteiger partial charge < -0.3 is 15.0 Å². The van der Waals surface area contributed by atoms with E-state index in [9.17, 15) is 9.59 Å². The Balaban J connectivity index is 1.34. The quantitative estimate of drug-likeness (QED) is 0.755. The number of hydrogen-bond donors (Lipinski definition) is 2. The molecule has 1 atom stereocenters. The molecule has 7 heteroatoms. The van der Waals surface area contributed by atoms with Crippen LogP contribution < -0.4 is 10.9 Å². The van der Waals surface area contributed by atoms with Crippen LogP contribution in [0.1, 0.15) is 38.5 Å². The van der Waals surface area contributed by atoms with Crippen molar-refractivity contribution in [3.8, 4) is 0 Å². The number of aromatic amines is 1. The Bertz CT molecular complexity index is 953. The summed E-state index contributed by atoms with van der Waals surface area (Å²) in [6.07, 6.45) is 5.90. The molecule has 1 aromatic heterocycles. The third kappa shape index (κ3) is 4.20. The number of ether oxygens (including phenoxy) is 1. The highest BCUT2D eigenvalue weighted by atomic mass is 32.1. The van der Waals surface area contributed by atoms with Crippen LogP contribution in [-0.2, 0) is 16.1 Å². The fraction of sp³-hybridized carbons (Fsp3) is 0.571. The average Bonchev–Trinajstić information content (AvgIpc) is 3.23. The SMILES string of the molecule is O=C(NCC1CCCO1)C1CCC(Cn2c(=S)[nH]c3ccccc3c2=O)CC1. The maximum Gasteiger partial charge on any atom is 0.262 e. The lowest BCUT2D eigenvalue weighted by Gasteiger charge is -2.28. The number of carbonyl (C=O) groups excluding carboxylic acids is 1. The molecule has 1 aliphatic heterocycles. The van der Waals surface area contributed by atoms with Gasteiger partial charge in [-0.15, -0.1) is 0 Å². The van der Waals surface area contributed by atoms with Crippen molar-refractivity contribution in [2.75, 3.05) is 13.2 Å². The maximum atomic E-state index is 12.8. The van der Waals surface area contributed by atoms with E-state index in [0.717, 1.165) is 50.6 Å². The van der Waals surface area contributed by atoms with Gasteiger partial charge in [0, 0.05) is 25.6 Å². The van der Waals surface area contributed by atoms with Gasteiger partial charge in [-0.1, -0.05) is 12.1 Å². The molecule has 2 heterocycles. The molecule has 1 aliphatic carbocycles. The number of nitrogens with zero attached hydrogens (tertiary/aromatic N) is 1. The molecule has 1 aromatic carbocycles. The van der Waals surface area contributed by atoms with Crippen LogP contribution in [0, 0.1) is 16.6 Å². The molecular weight excluding hydrogens is 374 g/mol. The zero-order valence-corrected chi connectivity index (χ0v) is 16.8. The van der Waals surface area contributed by atoms with Crippen LogP contribution in [0.2, 0.25) is 0 Å². The van der Waals surface area contributed by atoms with E-state index < -0.39 is 0 Å². The van der Waals surface area contributed by atoms with Gasteiger partial charge in [-0.05, 0) is 68.8 Å². The largest absolute Gasteiger partial charge is 0.376 e. The van der Waals surface area contributed by atoms with E-state index in [0.29, 0.717) is 29.2 Å². The van der Waals surface area contributed by atoms with Crippen molar-refractivity contribution < 1.29 is 9.53 Å². The summed E-state index contributed by atoms with van der Waals surface area (Å²) in [5, 5.41) is 3.72. The van der Waals surface area contributed by atoms with Gasteiger partial charge >= 0.3 is 0 Å². The summed E-state index contributed by atoms with van der Waals surface area (Å²) in [4.78, 5) is 28.4. The van der Waals surface area contributed by atoms with Gasteiger partial charge in [-0.25, -0.2) is 0 Å². The summed E-state index contributed by atoms with van der Waals surface area (Å²) in [7, 11) is 0. The van der Waals surface area contributed by atoms with E-state index in [2.05, 4.69) is 10.3 Å². The number of nitrogens with one attached hydrogen (secondary N) is 2. The first kappa shape index (κ1) is 19.3. The molecule has 2 N–H and O–H groups in total. The normalized spacial score (nSPS) is 25.1. The van der Waals surface area contributed by atoms with E-state index in [1.54, 1.807) is 4.57 Å². The number of aromatic nitrogens is 2. The molecular formula is C21H27N3O3S. The van der Waals surface area contributed by atoms with Crippen LogP contribution in [0.4, 0.5) is 0 Å². The molecule has 2 aliphatic rings. The van der Waals surface area contributed by atoms with Crippen molar-refractivity contribution in [2.45, 2.75) is 51.2 Å². The molecule has 150 valence electrons. The van der Waals surface area contributed by atoms with Crippen LogP contribution in [0.15, 0.2) is 29.1 Å². The van der Waals surface area contributed by atoms with Crippen LogP contribution in [0.3, 0.4) is 0 Å². The Hall–Kier alpha value is -1.99. The van der Waals surface area contributed by atoms with Gasteiger partial charge in [0.25, 0.3) is 5.56 Å². The highest BCUT2D eigenvalue weighted by Gasteiger charge is 2.27. The van der Waals surface area contributed by atoms with E-state index in [1.807, 2.05) is 24.3 Å². The summed E-state index contributed by atoms with van der Waals surface area (Å²) < 4.78 is 7.72. The van der Waals surface area contributed by atoms with Crippen LogP contribution in [0.5, 0.6) is 0 Å². The van der Waals surface area contributed by atoms with E-state index in [1.165, 1.54) is 0 Å². The number of para-hydroxylation sites is 1. The van der Waals surface area contributed by atoms with Crippen molar-refractivity contribution in [2.24, 2.45) is 11.8 Å². The highest BCUT2D eigenvalue weighted by Crippen LogP contribution is 2.30. The summed E-state index contributed by atoms with van der Waals surface area (Å²) in [5.74, 6) is 0.589. The number of rotatable bonds is 5. The van der Waals surface area contributed by atoms with Crippen LogP contribution in [-0.4, -0.2) is 34.7 Å². The van der Waals surface area contributed by atoms with Crippen molar-refractivity contribution >= 4 is 29.0 Å². The number of benzene rings is 1. The molecule has 2 aromatic rings. The third-order valence-corrected chi connectivity index (χ3v) is 6.40. The second kappa shape index (κ2) is 8.57. The molecule has 0 radical (unpaired) electrons. The van der Waals surface area contributed by atoms with Gasteiger partial charge in [-0.2, -0.15) is 0 Å². The monoisotopic (exact) mass is 401 g/mol. The van der Waals surface area contributed by atoms with Crippen molar-refractivity contribution in [3.63, 3.8) is 0 Å². The Morgan fingerprint density at radius 2 is 2.00 bits per heavy atom. The van der Waals surface area contributed by atoms with Gasteiger partial charge in [0.1, 0.15) is 0 Å². The minimum absolute atomic E-state index is 0.0317. The molecule has 2 fully saturated rings. The lowest BCUT2D eigenvalue weighted by Crippen LogP contribution is -2.38. The third-order valence-electron chi connectivity index (χ3n) is 6.08. The maximum absolute atomic E-state index is 12.8. The number of amides is 1. The Kier molecular flexibility index (Phi) is 5.92. The Morgan fingerprint density at radius 3 is 2.75 bits per heavy atom. The number of H-pyrrole nitrogens is 1. The van der Waals surface area contributed by atoms with Gasteiger partial charge in [-0.3, -0.25) is 14.2 Å². The first-order chi connectivity index (χ1) is 13.6. The zero-order valence-electron chi connectivity index (χ0n) is 16.0. The van der Waals surface area contributed by atoms with E-state index >= 15 is 0 Å². The molecule has 1 amide bonds. The molecule has 0 bridgehead atoms. The average molecular weight is 402 g/mol. The minimum Gasteiger partial charge on any atom is -0.376 e. The molecule has 1 unspecified atom stereocenters. The van der Waals surface area contributed by atoms with Crippen molar-refractivity contribution in [3.05, 3.63) is 39.4 Å². The second-order valence-corrected chi connectivity index (χ2v) is 8.38. The molecule has 1 saturated carbocycles. The fourth-order valence-electron chi connectivity index (χ4n) is 4.39. The fourth-order valence-corrected chi connectivity index (χ4v) is 4.66. The zero-order chi connectivity index (χ0) is 19.5. The highest BCUT2D eigenvalue weighted by molar-refractivity contribution is 7.71. The molecule has 0 spiro atoms. The summed E-state index contributed by atoms with van der Waals surface area (Å²) in [6, 6.07) is 7.46. The van der Waals surface area contributed by atoms with Crippen molar-refractivity contribution in [1.82, 2.24) is 14.9 Å². The first-order valence-electron chi connectivity index (χ1n) is 10.2. The summed E-state index contributed by atoms with van der Waals surface area (Å²) in [6.45, 7) is 2.05. The number of fused-ring (bicyclic) bond motifs is 1. The second-order valence-electron chi connectivity index (χ2n) is 7.99. The van der Waals surface area contributed by atoms with Gasteiger partial charge in [0.05, 0.1) is 17.0 Å². The van der Waals surface area contributed by atoms with Crippen molar-refractivity contribution in [1.29, 1.82) is 0 Å². The minimum atomic E-state index is -0.0317. The van der Waals surface area contributed by atoms with Gasteiger partial charge in [0.15, 0.2) is 4.77 Å². The summed E-state index contributed by atoms with van der Waals surface area (Å²) in [5.41, 5.74) is 0.746. The first-order valence-corrected chi connectivity index (χ1v) is 10.6. The standard InChI is InChI=1S/C21H27N3O3S/c25-19(22-12-16-4-3-11-27-16)15-9-7-14(8-10-15)13-24-20(26)17-5-1-2-6-18(17)23-21(24)28/h1-2,5-6,14-16H,3-4,7-13H2,(H,22,25)(H,23,28). The number of carbonyl (C=O) groups is 1. The molecule has 4 rings (SSSR count). The lowest BCUT2D eigenvalue weighted by molar-refractivity contribution is -0.126. The number of hydrogen-bond acceptors (Lipinski definition) is 4. The van der Waals surface area contributed by atoms with Gasteiger partial charge in [0.2, 0.25) is 5.91 Å². The summed E-state index contributed by atoms with van der Waals surface area (Å²) >= 11 is 5.42. The Morgan fingerprint density at radius 1 is 1.21 bits per heavy atom. The smallest absolute Gasteiger partial charge is 0.262 e.